The van der Waals surface area contributed by atoms with Crippen molar-refractivity contribution in [3.8, 4) is 17.1 Å². The summed E-state index contributed by atoms with van der Waals surface area (Å²) in [6.45, 7) is 1.44. The zero-order valence-corrected chi connectivity index (χ0v) is 17.3. The van der Waals surface area contributed by atoms with Crippen LogP contribution >= 0.6 is 22.9 Å². The lowest BCUT2D eigenvalue weighted by atomic mass is 10.1. The fourth-order valence-electron chi connectivity index (χ4n) is 3.14. The number of fused-ring (bicyclic) bond motifs is 1. The second-order valence-electron chi connectivity index (χ2n) is 7.03. The Balaban J connectivity index is 1.50. The number of thiazole rings is 1. The van der Waals surface area contributed by atoms with Crippen molar-refractivity contribution in [1.82, 2.24) is 24.7 Å². The van der Waals surface area contributed by atoms with Crippen LogP contribution in [0.2, 0.25) is 5.02 Å². The highest BCUT2D eigenvalue weighted by Gasteiger charge is 2.30. The van der Waals surface area contributed by atoms with Gasteiger partial charge in [0, 0.05) is 24.1 Å². The van der Waals surface area contributed by atoms with E-state index in [1.807, 2.05) is 10.6 Å². The third-order valence-electron chi connectivity index (χ3n) is 4.71. The summed E-state index contributed by atoms with van der Waals surface area (Å²) in [7, 11) is 0. The maximum atomic E-state index is 12.0. The lowest BCUT2D eigenvalue weighted by Gasteiger charge is -2.09. The molecule has 11 heteroatoms. The van der Waals surface area contributed by atoms with E-state index in [9.17, 15) is 9.59 Å². The van der Waals surface area contributed by atoms with Gasteiger partial charge in [-0.2, -0.15) is 5.10 Å². The van der Waals surface area contributed by atoms with Gasteiger partial charge in [0.2, 0.25) is 11.8 Å². The molecule has 1 aromatic carbocycles. The Hall–Kier alpha value is -3.24. The first-order chi connectivity index (χ1) is 14.5. The molecule has 0 spiro atoms. The van der Waals surface area contributed by atoms with Crippen LogP contribution in [0.3, 0.4) is 0 Å². The van der Waals surface area contributed by atoms with E-state index in [1.54, 1.807) is 24.7 Å². The molecule has 1 aliphatic carbocycles. The minimum Gasteiger partial charge on any atom is -0.326 e. The van der Waals surface area contributed by atoms with Gasteiger partial charge < -0.3 is 10.6 Å². The Labute approximate surface area is 179 Å². The van der Waals surface area contributed by atoms with Crippen molar-refractivity contribution in [1.29, 1.82) is 0 Å². The summed E-state index contributed by atoms with van der Waals surface area (Å²) < 4.78 is 2.61. The Morgan fingerprint density at radius 1 is 1.30 bits per heavy atom. The van der Waals surface area contributed by atoms with Crippen molar-refractivity contribution in [2.24, 2.45) is 5.92 Å². The van der Waals surface area contributed by atoms with Crippen LogP contribution in [0.5, 0.6) is 0 Å². The minimum absolute atomic E-state index is 0.00951. The second kappa shape index (κ2) is 7.22. The number of nitrogens with one attached hydrogen (secondary N) is 3. The number of carbonyl (C=O) groups excluding carboxylic acids is 2. The van der Waals surface area contributed by atoms with Crippen molar-refractivity contribution >= 4 is 55.9 Å². The Morgan fingerprint density at radius 3 is 2.87 bits per heavy atom. The quantitative estimate of drug-likeness (QED) is 0.435. The molecule has 4 aromatic rings. The van der Waals surface area contributed by atoms with Crippen LogP contribution in [0.4, 0.5) is 10.8 Å². The third-order valence-corrected chi connectivity index (χ3v) is 5.99. The van der Waals surface area contributed by atoms with Gasteiger partial charge in [-0.15, -0.1) is 0 Å². The van der Waals surface area contributed by atoms with Crippen LogP contribution in [0, 0.1) is 5.92 Å². The van der Waals surface area contributed by atoms with Crippen LogP contribution < -0.4 is 10.6 Å². The Bertz CT molecular complexity index is 1290. The topological polar surface area (TPSA) is 118 Å². The van der Waals surface area contributed by atoms with Crippen LogP contribution in [-0.4, -0.2) is 36.5 Å². The van der Waals surface area contributed by atoms with Crippen molar-refractivity contribution < 1.29 is 9.59 Å². The smallest absolute Gasteiger partial charge is 0.229 e. The molecular weight excluding hydrogens is 426 g/mol. The van der Waals surface area contributed by atoms with Crippen LogP contribution in [0.25, 0.3) is 27.4 Å². The molecule has 0 atom stereocenters. The number of aromatic amines is 1. The molecule has 3 N–H and O–H groups in total. The van der Waals surface area contributed by atoms with Gasteiger partial charge >= 0.3 is 0 Å². The average molecular weight is 442 g/mol. The van der Waals surface area contributed by atoms with Crippen LogP contribution in [0.15, 0.2) is 30.7 Å². The summed E-state index contributed by atoms with van der Waals surface area (Å²) in [6.07, 6.45) is 5.20. The second-order valence-corrected chi connectivity index (χ2v) is 8.44. The molecule has 1 saturated carbocycles. The monoisotopic (exact) mass is 441 g/mol. The molecule has 0 bridgehead atoms. The van der Waals surface area contributed by atoms with Crippen LogP contribution in [0.1, 0.15) is 19.8 Å². The van der Waals surface area contributed by atoms with Gasteiger partial charge in [-0.3, -0.25) is 19.3 Å². The molecule has 9 nitrogen and oxygen atoms in total. The lowest BCUT2D eigenvalue weighted by molar-refractivity contribution is -0.117. The van der Waals surface area contributed by atoms with E-state index in [-0.39, 0.29) is 17.7 Å². The van der Waals surface area contributed by atoms with Gasteiger partial charge in [0.15, 0.2) is 16.6 Å². The minimum atomic E-state index is -0.169. The Morgan fingerprint density at radius 2 is 2.13 bits per heavy atom. The number of halogens is 1. The van der Waals surface area contributed by atoms with Crippen LogP contribution in [-0.2, 0) is 9.59 Å². The normalized spacial score (nSPS) is 13.5. The number of imidazole rings is 1. The zero-order valence-electron chi connectivity index (χ0n) is 15.8. The van der Waals surface area contributed by atoms with E-state index in [4.69, 9.17) is 11.6 Å². The molecule has 0 radical (unpaired) electrons. The number of nitrogens with zero attached hydrogens (tertiary/aromatic N) is 4. The third kappa shape index (κ3) is 3.44. The first-order valence-electron chi connectivity index (χ1n) is 9.25. The van der Waals surface area contributed by atoms with Crippen molar-refractivity contribution in [2.75, 3.05) is 10.6 Å². The summed E-state index contributed by atoms with van der Waals surface area (Å²) in [5.74, 6) is 0.560. The predicted octanol–water partition coefficient (Wildman–Crippen LogP) is 3.83. The molecule has 152 valence electrons. The van der Waals surface area contributed by atoms with E-state index < -0.39 is 0 Å². The molecule has 0 saturated heterocycles. The summed E-state index contributed by atoms with van der Waals surface area (Å²) in [6, 6.07) is 5.28. The summed E-state index contributed by atoms with van der Waals surface area (Å²) in [5.41, 5.74) is 2.68. The number of anilines is 2. The van der Waals surface area contributed by atoms with Gasteiger partial charge in [0.05, 0.1) is 16.9 Å². The lowest BCUT2D eigenvalue weighted by Crippen LogP contribution is -2.12. The number of aromatic nitrogens is 5. The zero-order chi connectivity index (χ0) is 20.8. The molecule has 5 rings (SSSR count). The van der Waals surface area contributed by atoms with E-state index in [0.717, 1.165) is 28.8 Å². The number of hydrogen-bond acceptors (Lipinski definition) is 6. The van der Waals surface area contributed by atoms with Crippen molar-refractivity contribution in [2.45, 2.75) is 19.8 Å². The molecule has 30 heavy (non-hydrogen) atoms. The summed E-state index contributed by atoms with van der Waals surface area (Å²) >= 11 is 7.83. The fourth-order valence-corrected chi connectivity index (χ4v) is 4.32. The highest BCUT2D eigenvalue weighted by atomic mass is 35.5. The van der Waals surface area contributed by atoms with Gasteiger partial charge in [0.25, 0.3) is 0 Å². The molecule has 3 heterocycles. The van der Waals surface area contributed by atoms with E-state index >= 15 is 0 Å². The maximum Gasteiger partial charge on any atom is 0.229 e. The SMILES string of the molecule is CC(=O)Nc1ccc(-c2cncn2-c2n[nH]c3nc(NC(=O)C4CC4)sc23)c(Cl)c1. The fraction of sp³-hybridized carbons (Fsp3) is 0.211. The van der Waals surface area contributed by atoms with Gasteiger partial charge in [-0.05, 0) is 31.0 Å². The van der Waals surface area contributed by atoms with Crippen molar-refractivity contribution in [3.63, 3.8) is 0 Å². The number of amides is 2. The van der Waals surface area contributed by atoms with E-state index in [1.165, 1.54) is 18.3 Å². The summed E-state index contributed by atoms with van der Waals surface area (Å²) in [5, 5.41) is 13.9. The molecular formula is C19H16ClN7O2S. The highest BCUT2D eigenvalue weighted by Crippen LogP contribution is 2.36. The average Bonchev–Trinajstić information content (AvgIpc) is 3.13. The molecule has 3 aromatic heterocycles. The molecule has 0 unspecified atom stereocenters. The predicted molar refractivity (Wildman–Crippen MR) is 115 cm³/mol. The van der Waals surface area contributed by atoms with Gasteiger partial charge in [0.1, 0.15) is 11.0 Å². The standard InChI is InChI=1S/C19H16ClN7O2S/c1-9(28)22-11-4-5-12(13(20)6-11)14-7-21-8-27(14)17-15-16(25-26-17)23-19(30-15)24-18(29)10-2-3-10/h4-8,10H,2-3H2,1H3,(H,22,28)(H2,23,24,25,26,29). The molecule has 2 amide bonds. The molecule has 0 aliphatic heterocycles. The number of hydrogen-bond donors (Lipinski definition) is 3. The van der Waals surface area contributed by atoms with Crippen molar-refractivity contribution in [3.05, 3.63) is 35.7 Å². The first kappa shape index (κ1) is 18.8. The molecule has 1 aliphatic rings. The number of benzene rings is 1. The highest BCUT2D eigenvalue weighted by molar-refractivity contribution is 7.22. The number of H-pyrrole nitrogens is 1. The largest absolute Gasteiger partial charge is 0.326 e. The maximum absolute atomic E-state index is 12.0. The number of carbonyl (C=O) groups is 2. The van der Waals surface area contributed by atoms with Gasteiger partial charge in [-0.1, -0.05) is 22.9 Å². The first-order valence-corrected chi connectivity index (χ1v) is 10.4. The molecule has 1 fully saturated rings. The summed E-state index contributed by atoms with van der Waals surface area (Å²) in [4.78, 5) is 32.0. The Kier molecular flexibility index (Phi) is 4.52. The number of rotatable bonds is 5. The van der Waals surface area contributed by atoms with E-state index in [2.05, 4.69) is 30.8 Å². The van der Waals surface area contributed by atoms with Gasteiger partial charge in [-0.25, -0.2) is 9.97 Å². The van der Waals surface area contributed by atoms with E-state index in [0.29, 0.717) is 27.3 Å².